The van der Waals surface area contributed by atoms with Crippen LogP contribution < -0.4 is 4.74 Å². The molecule has 1 atom stereocenters. The van der Waals surface area contributed by atoms with Gasteiger partial charge >= 0.3 is 0 Å². The summed E-state index contributed by atoms with van der Waals surface area (Å²) in [5.41, 5.74) is 2.28. The number of hydrogen-bond acceptors (Lipinski definition) is 2. The third-order valence-electron chi connectivity index (χ3n) is 2.10. The molecule has 0 heterocycles. The molecule has 0 aromatic heterocycles. The Kier molecular flexibility index (Phi) is 3.69. The van der Waals surface area contributed by atoms with E-state index >= 15 is 0 Å². The summed E-state index contributed by atoms with van der Waals surface area (Å²) >= 11 is 0. The highest BCUT2D eigenvalue weighted by molar-refractivity contribution is 5.50. The Morgan fingerprint density at radius 2 is 2.14 bits per heavy atom. The molecule has 0 saturated carbocycles. The minimum atomic E-state index is -0.0481. The van der Waals surface area contributed by atoms with E-state index in [9.17, 15) is 4.79 Å². The monoisotopic (exact) mass is 192 g/mol. The minimum absolute atomic E-state index is 0.0481. The van der Waals surface area contributed by atoms with E-state index in [1.54, 1.807) is 0 Å². The van der Waals surface area contributed by atoms with Crippen LogP contribution in [0.25, 0.3) is 0 Å². The average molecular weight is 192 g/mol. The maximum absolute atomic E-state index is 10.3. The zero-order valence-electron chi connectivity index (χ0n) is 8.91. The van der Waals surface area contributed by atoms with E-state index in [0.717, 1.165) is 17.6 Å². The first-order valence-corrected chi connectivity index (χ1v) is 4.81. The molecule has 0 aliphatic heterocycles. The quantitative estimate of drug-likeness (QED) is 0.685. The molecule has 0 N–H and O–H groups in total. The van der Waals surface area contributed by atoms with E-state index in [4.69, 9.17) is 4.74 Å². The van der Waals surface area contributed by atoms with Crippen molar-refractivity contribution in [2.45, 2.75) is 33.3 Å². The van der Waals surface area contributed by atoms with E-state index in [2.05, 4.69) is 0 Å². The Morgan fingerprint density at radius 3 is 2.79 bits per heavy atom. The Labute approximate surface area is 84.9 Å². The van der Waals surface area contributed by atoms with Gasteiger partial charge in [-0.25, -0.2) is 0 Å². The molecule has 0 saturated heterocycles. The molecule has 14 heavy (non-hydrogen) atoms. The third-order valence-corrected chi connectivity index (χ3v) is 2.10. The summed E-state index contributed by atoms with van der Waals surface area (Å²) < 4.78 is 5.64. The molecule has 0 aliphatic rings. The van der Waals surface area contributed by atoms with Crippen LogP contribution in [0.2, 0.25) is 0 Å². The van der Waals surface area contributed by atoms with Crippen LogP contribution in [0, 0.1) is 13.8 Å². The minimum Gasteiger partial charge on any atom is -0.490 e. The van der Waals surface area contributed by atoms with Gasteiger partial charge < -0.3 is 9.53 Å². The fraction of sp³-hybridized carbons (Fsp3) is 0.417. The number of carbonyl (C=O) groups is 1. The highest BCUT2D eigenvalue weighted by atomic mass is 16.5. The van der Waals surface area contributed by atoms with Gasteiger partial charge in [0.25, 0.3) is 0 Å². The predicted molar refractivity (Wildman–Crippen MR) is 56.7 cm³/mol. The number of hydrogen-bond donors (Lipinski definition) is 0. The second kappa shape index (κ2) is 4.80. The van der Waals surface area contributed by atoms with E-state index in [-0.39, 0.29) is 6.10 Å². The van der Waals surface area contributed by atoms with Gasteiger partial charge in [0.15, 0.2) is 0 Å². The molecule has 1 aromatic rings. The van der Waals surface area contributed by atoms with Crippen molar-refractivity contribution in [1.82, 2.24) is 0 Å². The fourth-order valence-corrected chi connectivity index (χ4v) is 1.23. The lowest BCUT2D eigenvalue weighted by atomic mass is 10.1. The second-order valence-electron chi connectivity index (χ2n) is 3.60. The van der Waals surface area contributed by atoms with Crippen LogP contribution >= 0.6 is 0 Å². The molecule has 0 spiro atoms. The van der Waals surface area contributed by atoms with E-state index < -0.39 is 0 Å². The lowest BCUT2D eigenvalue weighted by Crippen LogP contribution is -2.12. The normalized spacial score (nSPS) is 12.2. The average Bonchev–Trinajstić information content (AvgIpc) is 2.12. The standard InChI is InChI=1S/C12H16O2/c1-9-4-5-10(2)12(8-9)14-11(3)6-7-13/h4-5,7-8,11H,6H2,1-3H3. The molecule has 76 valence electrons. The maximum Gasteiger partial charge on any atom is 0.123 e. The van der Waals surface area contributed by atoms with Crippen molar-refractivity contribution in [3.8, 4) is 5.75 Å². The van der Waals surface area contributed by atoms with Crippen LogP contribution in [-0.4, -0.2) is 12.4 Å². The summed E-state index contributed by atoms with van der Waals surface area (Å²) in [6.07, 6.45) is 1.27. The van der Waals surface area contributed by atoms with E-state index in [0.29, 0.717) is 6.42 Å². The van der Waals surface area contributed by atoms with Gasteiger partial charge in [-0.15, -0.1) is 0 Å². The summed E-state index contributed by atoms with van der Waals surface area (Å²) in [5, 5.41) is 0. The number of rotatable bonds is 4. The van der Waals surface area contributed by atoms with Crippen molar-refractivity contribution in [1.29, 1.82) is 0 Å². The number of aryl methyl sites for hydroxylation is 2. The lowest BCUT2D eigenvalue weighted by molar-refractivity contribution is -0.109. The summed E-state index contributed by atoms with van der Waals surface area (Å²) in [6.45, 7) is 5.93. The number of carbonyl (C=O) groups excluding carboxylic acids is 1. The molecular weight excluding hydrogens is 176 g/mol. The Morgan fingerprint density at radius 1 is 1.43 bits per heavy atom. The first-order valence-electron chi connectivity index (χ1n) is 4.81. The summed E-state index contributed by atoms with van der Waals surface area (Å²) in [7, 11) is 0. The third kappa shape index (κ3) is 2.87. The van der Waals surface area contributed by atoms with Crippen molar-refractivity contribution in [3.05, 3.63) is 29.3 Å². The highest BCUT2D eigenvalue weighted by Gasteiger charge is 2.05. The highest BCUT2D eigenvalue weighted by Crippen LogP contribution is 2.20. The Bertz CT molecular complexity index is 318. The number of ether oxygens (including phenoxy) is 1. The lowest BCUT2D eigenvalue weighted by Gasteiger charge is -2.14. The van der Waals surface area contributed by atoms with Crippen molar-refractivity contribution < 1.29 is 9.53 Å². The van der Waals surface area contributed by atoms with Crippen molar-refractivity contribution in [3.63, 3.8) is 0 Å². The van der Waals surface area contributed by atoms with E-state index in [1.807, 2.05) is 39.0 Å². The molecule has 0 amide bonds. The topological polar surface area (TPSA) is 26.3 Å². The zero-order chi connectivity index (χ0) is 10.6. The first kappa shape index (κ1) is 10.8. The maximum atomic E-state index is 10.3. The molecule has 2 heteroatoms. The van der Waals surface area contributed by atoms with Gasteiger partial charge in [0.05, 0.1) is 0 Å². The fourth-order valence-electron chi connectivity index (χ4n) is 1.23. The van der Waals surface area contributed by atoms with Gasteiger partial charge in [-0.3, -0.25) is 0 Å². The number of aldehydes is 1. The summed E-state index contributed by atoms with van der Waals surface area (Å²) in [4.78, 5) is 10.3. The van der Waals surface area contributed by atoms with Crippen LogP contribution in [0.15, 0.2) is 18.2 Å². The van der Waals surface area contributed by atoms with Crippen LogP contribution in [0.5, 0.6) is 5.75 Å². The van der Waals surface area contributed by atoms with Crippen molar-refractivity contribution in [2.75, 3.05) is 0 Å². The molecule has 0 radical (unpaired) electrons. The Balaban J connectivity index is 2.74. The van der Waals surface area contributed by atoms with Crippen LogP contribution in [0.1, 0.15) is 24.5 Å². The largest absolute Gasteiger partial charge is 0.490 e. The molecule has 1 rings (SSSR count). The van der Waals surface area contributed by atoms with Crippen molar-refractivity contribution in [2.24, 2.45) is 0 Å². The molecule has 1 aromatic carbocycles. The molecule has 0 aliphatic carbocycles. The molecule has 2 nitrogen and oxygen atoms in total. The number of benzene rings is 1. The molecular formula is C12H16O2. The second-order valence-corrected chi connectivity index (χ2v) is 3.60. The summed E-state index contributed by atoms with van der Waals surface area (Å²) in [6, 6.07) is 6.07. The van der Waals surface area contributed by atoms with Crippen LogP contribution in [0.3, 0.4) is 0 Å². The molecule has 0 bridgehead atoms. The molecule has 0 fully saturated rings. The predicted octanol–water partition coefficient (Wildman–Crippen LogP) is 2.66. The van der Waals surface area contributed by atoms with Crippen LogP contribution in [-0.2, 0) is 4.79 Å². The van der Waals surface area contributed by atoms with Crippen molar-refractivity contribution >= 4 is 6.29 Å². The summed E-state index contributed by atoms with van der Waals surface area (Å²) in [5.74, 6) is 0.874. The van der Waals surface area contributed by atoms with Gasteiger partial charge in [0, 0.05) is 6.42 Å². The first-order chi connectivity index (χ1) is 6.63. The van der Waals surface area contributed by atoms with Crippen LogP contribution in [0.4, 0.5) is 0 Å². The van der Waals surface area contributed by atoms with Gasteiger partial charge in [-0.05, 0) is 38.0 Å². The smallest absolute Gasteiger partial charge is 0.123 e. The molecule has 1 unspecified atom stereocenters. The Hall–Kier alpha value is -1.31. The van der Waals surface area contributed by atoms with Gasteiger partial charge in [-0.1, -0.05) is 12.1 Å². The van der Waals surface area contributed by atoms with Gasteiger partial charge in [0.1, 0.15) is 18.1 Å². The SMILES string of the molecule is Cc1ccc(C)c(OC(C)CC=O)c1. The zero-order valence-corrected chi connectivity index (χ0v) is 8.91. The van der Waals surface area contributed by atoms with Gasteiger partial charge in [0.2, 0.25) is 0 Å². The van der Waals surface area contributed by atoms with Gasteiger partial charge in [-0.2, -0.15) is 0 Å². The van der Waals surface area contributed by atoms with E-state index in [1.165, 1.54) is 5.56 Å².